The zero-order valence-corrected chi connectivity index (χ0v) is 20.2. The summed E-state index contributed by atoms with van der Waals surface area (Å²) < 4.78 is 17.2. The highest BCUT2D eigenvalue weighted by Gasteiger charge is 2.33. The predicted molar refractivity (Wildman–Crippen MR) is 130 cm³/mol. The number of carbonyl (C=O) groups is 1. The highest BCUT2D eigenvalue weighted by atomic mass is 32.1. The second-order valence-electron chi connectivity index (χ2n) is 8.15. The Hall–Kier alpha value is -3.02. The van der Waals surface area contributed by atoms with Crippen molar-refractivity contribution in [2.45, 2.75) is 13.3 Å². The van der Waals surface area contributed by atoms with Gasteiger partial charge >= 0.3 is 0 Å². The van der Waals surface area contributed by atoms with Gasteiger partial charge in [0.2, 0.25) is 5.96 Å². The molecule has 34 heavy (non-hydrogen) atoms. The van der Waals surface area contributed by atoms with E-state index in [1.807, 2.05) is 24.0 Å². The number of methoxy groups -OCH3 is 1. The predicted octanol–water partition coefficient (Wildman–Crippen LogP) is 2.05. The van der Waals surface area contributed by atoms with Crippen molar-refractivity contribution < 1.29 is 19.0 Å². The van der Waals surface area contributed by atoms with Crippen LogP contribution in [0.25, 0.3) is 0 Å². The van der Waals surface area contributed by atoms with Crippen LogP contribution in [0.2, 0.25) is 0 Å². The van der Waals surface area contributed by atoms with E-state index in [1.165, 1.54) is 11.3 Å². The largest absolute Gasteiger partial charge is 0.491 e. The van der Waals surface area contributed by atoms with Crippen LogP contribution in [0.15, 0.2) is 27.5 Å². The molecule has 10 nitrogen and oxygen atoms in total. The fourth-order valence-corrected chi connectivity index (χ4v) is 4.82. The molecule has 1 aromatic heterocycles. The van der Waals surface area contributed by atoms with Crippen LogP contribution < -0.4 is 14.8 Å². The Kier molecular flexibility index (Phi) is 6.75. The minimum Gasteiger partial charge on any atom is -0.491 e. The van der Waals surface area contributed by atoms with E-state index < -0.39 is 0 Å². The highest BCUT2D eigenvalue weighted by Crippen LogP contribution is 2.43. The number of fused-ring (bicyclic) bond motifs is 3. The van der Waals surface area contributed by atoms with Gasteiger partial charge in [0.1, 0.15) is 17.2 Å². The maximum absolute atomic E-state index is 12.8. The molecule has 5 rings (SSSR count). The van der Waals surface area contributed by atoms with Crippen molar-refractivity contribution in [3.05, 3.63) is 33.8 Å². The number of rotatable bonds is 7. The number of morpholine rings is 1. The molecule has 0 atom stereocenters. The van der Waals surface area contributed by atoms with Gasteiger partial charge in [-0.2, -0.15) is 0 Å². The maximum Gasteiger partial charge on any atom is 0.277 e. The van der Waals surface area contributed by atoms with Crippen molar-refractivity contribution in [1.29, 1.82) is 0 Å². The second kappa shape index (κ2) is 10.1. The number of thiazole rings is 1. The molecule has 0 radical (unpaired) electrons. The lowest BCUT2D eigenvalue weighted by molar-refractivity contribution is 0.0357. The Balaban J connectivity index is 1.35. The number of carbonyl (C=O) groups excluding carboxylic acids is 1. The second-order valence-corrected chi connectivity index (χ2v) is 9.21. The third-order valence-corrected chi connectivity index (χ3v) is 6.69. The molecule has 1 N–H and O–H groups in total. The SMILES string of the molecule is COc1c(OCCCN2CCOCC2)ccc2c1N=C(NC(=O)c1csc(C)n1)N1CCN=C21. The van der Waals surface area contributed by atoms with Crippen LogP contribution in [0.4, 0.5) is 5.69 Å². The quantitative estimate of drug-likeness (QED) is 0.601. The molecule has 0 spiro atoms. The van der Waals surface area contributed by atoms with E-state index in [9.17, 15) is 4.79 Å². The van der Waals surface area contributed by atoms with Gasteiger partial charge in [-0.25, -0.2) is 9.98 Å². The average molecular weight is 485 g/mol. The first-order chi connectivity index (χ1) is 16.6. The maximum atomic E-state index is 12.8. The molecule has 2 aromatic rings. The number of guanidine groups is 1. The Bertz CT molecular complexity index is 1120. The fraction of sp³-hybridized carbons (Fsp3) is 0.478. The normalized spacial score (nSPS) is 17.5. The third-order valence-electron chi connectivity index (χ3n) is 5.91. The van der Waals surface area contributed by atoms with Crippen molar-refractivity contribution in [1.82, 2.24) is 20.1 Å². The topological polar surface area (TPSA) is 101 Å². The summed E-state index contributed by atoms with van der Waals surface area (Å²) in [7, 11) is 1.60. The molecule has 0 aliphatic carbocycles. The molecule has 3 aliphatic rings. The number of hydrogen-bond acceptors (Lipinski definition) is 10. The summed E-state index contributed by atoms with van der Waals surface area (Å²) in [5, 5.41) is 5.48. The number of amidine groups is 1. The van der Waals surface area contributed by atoms with Gasteiger partial charge in [-0.3, -0.25) is 24.9 Å². The molecular formula is C23H28N6O4S. The van der Waals surface area contributed by atoms with Gasteiger partial charge < -0.3 is 14.2 Å². The molecule has 0 unspecified atom stereocenters. The monoisotopic (exact) mass is 484 g/mol. The molecule has 4 heterocycles. The molecule has 1 aromatic carbocycles. The van der Waals surface area contributed by atoms with E-state index >= 15 is 0 Å². The van der Waals surface area contributed by atoms with Gasteiger partial charge in [-0.05, 0) is 25.5 Å². The van der Waals surface area contributed by atoms with Gasteiger partial charge in [0.05, 0.1) is 38.5 Å². The minimum absolute atomic E-state index is 0.299. The summed E-state index contributed by atoms with van der Waals surface area (Å²) >= 11 is 1.43. The number of amides is 1. The molecule has 1 amide bonds. The number of benzene rings is 1. The molecule has 1 fully saturated rings. The van der Waals surface area contributed by atoms with E-state index in [0.29, 0.717) is 48.5 Å². The number of aromatic nitrogens is 1. The van der Waals surface area contributed by atoms with Crippen molar-refractivity contribution in [2.75, 3.05) is 59.7 Å². The first-order valence-corrected chi connectivity index (χ1v) is 12.3. The van der Waals surface area contributed by atoms with Gasteiger partial charge in [0.25, 0.3) is 5.91 Å². The van der Waals surface area contributed by atoms with Crippen molar-refractivity contribution in [2.24, 2.45) is 9.98 Å². The lowest BCUT2D eigenvalue weighted by atomic mass is 10.1. The summed E-state index contributed by atoms with van der Waals surface area (Å²) in [4.78, 5) is 30.8. The molecule has 0 bridgehead atoms. The van der Waals surface area contributed by atoms with Crippen molar-refractivity contribution in [3.8, 4) is 11.5 Å². The smallest absolute Gasteiger partial charge is 0.277 e. The zero-order valence-electron chi connectivity index (χ0n) is 19.4. The standard InChI is InChI=1S/C23H28N6O4S/c1-15-25-17(14-34-15)22(30)27-23-26-19-16(21-24-6-8-29(21)23)4-5-18(20(19)31-2)33-11-3-7-28-9-12-32-13-10-28/h4-5,14H,3,6-13H2,1-2H3,(H,26,27,30). The summed E-state index contributed by atoms with van der Waals surface area (Å²) in [6.45, 7) is 8.18. The van der Waals surface area contributed by atoms with Gasteiger partial charge in [-0.15, -0.1) is 11.3 Å². The van der Waals surface area contributed by atoms with E-state index in [0.717, 1.165) is 55.7 Å². The van der Waals surface area contributed by atoms with E-state index in [-0.39, 0.29) is 5.91 Å². The minimum atomic E-state index is -0.299. The summed E-state index contributed by atoms with van der Waals surface area (Å²) in [5.41, 5.74) is 1.84. The molecule has 0 saturated carbocycles. The molecule has 11 heteroatoms. The van der Waals surface area contributed by atoms with Crippen LogP contribution in [0.1, 0.15) is 27.5 Å². The summed E-state index contributed by atoms with van der Waals surface area (Å²) in [5.74, 6) is 2.05. The Morgan fingerprint density at radius 1 is 1.26 bits per heavy atom. The van der Waals surface area contributed by atoms with Crippen LogP contribution in [-0.2, 0) is 4.74 Å². The number of nitrogens with one attached hydrogen (secondary N) is 1. The number of aliphatic imine (C=N–C) groups is 2. The Labute approximate surface area is 202 Å². The zero-order chi connectivity index (χ0) is 23.5. The first kappa shape index (κ1) is 22.8. The lowest BCUT2D eigenvalue weighted by Gasteiger charge is -2.28. The Morgan fingerprint density at radius 3 is 2.88 bits per heavy atom. The number of ether oxygens (including phenoxy) is 3. The first-order valence-electron chi connectivity index (χ1n) is 11.4. The molecule has 180 valence electrons. The van der Waals surface area contributed by atoms with Crippen LogP contribution in [0.3, 0.4) is 0 Å². The number of nitrogens with zero attached hydrogens (tertiary/aromatic N) is 5. The number of aryl methyl sites for hydroxylation is 1. The number of hydrogen-bond donors (Lipinski definition) is 1. The fourth-order valence-electron chi connectivity index (χ4n) is 4.23. The van der Waals surface area contributed by atoms with E-state index in [4.69, 9.17) is 19.2 Å². The summed E-state index contributed by atoms with van der Waals surface area (Å²) in [6, 6.07) is 3.86. The van der Waals surface area contributed by atoms with Gasteiger partial charge in [0, 0.05) is 37.1 Å². The van der Waals surface area contributed by atoms with Crippen molar-refractivity contribution >= 4 is 34.7 Å². The molecule has 1 saturated heterocycles. The van der Waals surface area contributed by atoms with Gasteiger partial charge in [-0.1, -0.05) is 0 Å². The van der Waals surface area contributed by atoms with E-state index in [1.54, 1.807) is 12.5 Å². The lowest BCUT2D eigenvalue weighted by Crippen LogP contribution is -2.47. The van der Waals surface area contributed by atoms with Crippen LogP contribution in [-0.4, -0.2) is 92.1 Å². The summed E-state index contributed by atoms with van der Waals surface area (Å²) in [6.07, 6.45) is 0.901. The molecule has 3 aliphatic heterocycles. The van der Waals surface area contributed by atoms with Crippen LogP contribution in [0.5, 0.6) is 11.5 Å². The van der Waals surface area contributed by atoms with Crippen LogP contribution in [0, 0.1) is 6.92 Å². The Morgan fingerprint density at radius 2 is 2.12 bits per heavy atom. The third kappa shape index (κ3) is 4.63. The van der Waals surface area contributed by atoms with Crippen LogP contribution >= 0.6 is 11.3 Å². The molecular weight excluding hydrogens is 456 g/mol. The van der Waals surface area contributed by atoms with Crippen molar-refractivity contribution in [3.63, 3.8) is 0 Å². The van der Waals surface area contributed by atoms with Gasteiger partial charge in [0.15, 0.2) is 11.5 Å². The average Bonchev–Trinajstić information content (AvgIpc) is 3.52. The highest BCUT2D eigenvalue weighted by molar-refractivity contribution is 7.09. The van der Waals surface area contributed by atoms with E-state index in [2.05, 4.69) is 20.2 Å².